The van der Waals surface area contributed by atoms with Gasteiger partial charge < -0.3 is 30.9 Å². The Hall–Kier alpha value is -6.36. The molecule has 73 heavy (non-hydrogen) atoms. The van der Waals surface area contributed by atoms with Crippen molar-refractivity contribution in [2.24, 2.45) is 0 Å². The lowest BCUT2D eigenvalue weighted by atomic mass is 9.82. The van der Waals surface area contributed by atoms with Crippen molar-refractivity contribution in [3.8, 4) is 39.1 Å². The van der Waals surface area contributed by atoms with Gasteiger partial charge in [0.25, 0.3) is 0 Å². The molecule has 1 aliphatic rings. The Morgan fingerprint density at radius 1 is 0.521 bits per heavy atom. The van der Waals surface area contributed by atoms with Crippen molar-refractivity contribution >= 4 is 31.4 Å². The first-order chi connectivity index (χ1) is 34.5. The molecule has 0 saturated heterocycles. The van der Waals surface area contributed by atoms with Crippen molar-refractivity contribution in [1.29, 1.82) is 0 Å². The molecule has 1 atom stereocenters. The van der Waals surface area contributed by atoms with Crippen molar-refractivity contribution < 1.29 is 57.3 Å². The van der Waals surface area contributed by atoms with Crippen molar-refractivity contribution in [1.82, 2.24) is 4.98 Å². The van der Waals surface area contributed by atoms with Gasteiger partial charge in [-0.05, 0) is 142 Å². The average molecular weight is 1070 g/mol. The fraction of sp³-hybridized carbons (Fsp3) is 0.197. The quantitative estimate of drug-likeness (QED) is 0.0318. The molecule has 0 amide bonds. The van der Waals surface area contributed by atoms with E-state index in [1.807, 2.05) is 97.1 Å². The summed E-state index contributed by atoms with van der Waals surface area (Å²) in [4.78, 5) is 4.30. The van der Waals surface area contributed by atoms with E-state index in [-0.39, 0.29) is 38.0 Å². The van der Waals surface area contributed by atoms with Crippen LogP contribution in [0.15, 0.2) is 158 Å². The average Bonchev–Trinajstić information content (AvgIpc) is 3.53. The Balaban J connectivity index is 0.00000356. The van der Waals surface area contributed by atoms with Crippen LogP contribution in [0.2, 0.25) is 0 Å². The van der Waals surface area contributed by atoms with Gasteiger partial charge in [0.15, 0.2) is 34.9 Å². The smallest absolute Gasteiger partial charge is 0.194 e. The standard InChI is InChI=1S/C61H51F6N2O2.BrH.H3P/c1-39-14-16-42(17-15-39)38-71-47-20-18-41(19-21-47)37-70-27-9-3-2-8-26-69(34-40-22-24-68-25-23-40)35-52-50(45-30-54(62)60(66)55(63)31-45)28-43-10-4-6-12-48(43)58(52)59-49-13-7-5-11-44(49)29-51(53(59)36-69)46-32-56(64)61(67)57(65)33-46;;/h4-7,10-25,28-33H,2-3,8-9,26-27,34-38H2,1H3;1H;1H3/q+1;;/p-1. The Labute approximate surface area is 435 Å². The third-order valence-electron chi connectivity index (χ3n) is 13.8. The van der Waals surface area contributed by atoms with Crippen LogP contribution in [0, 0.1) is 41.8 Å². The zero-order valence-corrected chi connectivity index (χ0v) is 43.4. The Morgan fingerprint density at radius 3 is 1.53 bits per heavy atom. The first kappa shape index (κ1) is 52.9. The van der Waals surface area contributed by atoms with E-state index in [0.29, 0.717) is 61.6 Å². The summed E-state index contributed by atoms with van der Waals surface area (Å²) >= 11 is 0. The van der Waals surface area contributed by atoms with Gasteiger partial charge in [0.05, 0.1) is 13.2 Å². The summed E-state index contributed by atoms with van der Waals surface area (Å²) in [6, 6.07) is 43.7. The van der Waals surface area contributed by atoms with E-state index in [1.165, 1.54) is 5.56 Å². The Morgan fingerprint density at radius 2 is 1.00 bits per heavy atom. The molecule has 374 valence electrons. The topological polar surface area (TPSA) is 31.4 Å². The summed E-state index contributed by atoms with van der Waals surface area (Å²) in [5.74, 6) is -7.53. The van der Waals surface area contributed by atoms with E-state index in [9.17, 15) is 8.78 Å². The molecule has 12 heteroatoms. The lowest BCUT2D eigenvalue weighted by molar-refractivity contribution is -0.966. The molecule has 4 nitrogen and oxygen atoms in total. The molecule has 1 aromatic heterocycles. The van der Waals surface area contributed by atoms with Crippen LogP contribution in [0.1, 0.15) is 59.1 Å². The first-order valence-corrected chi connectivity index (χ1v) is 24.0. The minimum atomic E-state index is -1.55. The molecule has 0 spiro atoms. The van der Waals surface area contributed by atoms with Gasteiger partial charge in [-0.2, -0.15) is 9.90 Å². The Bertz CT molecular complexity index is 3200. The van der Waals surface area contributed by atoms with E-state index < -0.39 is 34.9 Å². The molecular weight excluding hydrogens is 1020 g/mol. The minimum absolute atomic E-state index is 0. The largest absolute Gasteiger partial charge is 1.00 e. The molecule has 9 aromatic rings. The van der Waals surface area contributed by atoms with Crippen molar-refractivity contribution in [3.05, 3.63) is 226 Å². The monoisotopic (exact) mass is 1070 g/mol. The van der Waals surface area contributed by atoms with Crippen LogP contribution < -0.4 is 21.7 Å². The third kappa shape index (κ3) is 11.6. The molecule has 1 unspecified atom stereocenters. The number of aryl methyl sites for hydroxylation is 1. The number of hydrogen-bond donors (Lipinski definition) is 0. The van der Waals surface area contributed by atoms with Gasteiger partial charge in [0.2, 0.25) is 0 Å². The SMILES string of the molecule is Cc1ccc(COc2ccc(COCCCCCC[N+]3(Cc4ccncc4)Cc4c(-c5cc(F)c(F)c(F)c5)cc5ccccc5c4-c4c(c(-c5cc(F)c(F)c(F)c5)cc5ccccc45)C3)cc2)cc1.P.[Br-]. The van der Waals surface area contributed by atoms with Crippen LogP contribution in [-0.2, 0) is 37.6 Å². The highest BCUT2D eigenvalue weighted by atomic mass is 79.9. The normalized spacial score (nSPS) is 12.6. The van der Waals surface area contributed by atoms with Gasteiger partial charge in [0, 0.05) is 46.8 Å². The molecule has 0 aliphatic carbocycles. The highest BCUT2D eigenvalue weighted by molar-refractivity contribution is 6.92. The molecule has 0 N–H and O–H groups in total. The molecule has 8 aromatic carbocycles. The first-order valence-electron chi connectivity index (χ1n) is 24.0. The van der Waals surface area contributed by atoms with Gasteiger partial charge in [-0.15, -0.1) is 0 Å². The number of pyridine rings is 1. The van der Waals surface area contributed by atoms with Crippen LogP contribution in [0.3, 0.4) is 0 Å². The lowest BCUT2D eigenvalue weighted by Crippen LogP contribution is -3.00. The third-order valence-corrected chi connectivity index (χ3v) is 13.8. The highest BCUT2D eigenvalue weighted by Crippen LogP contribution is 2.51. The molecule has 0 fully saturated rings. The zero-order chi connectivity index (χ0) is 49.1. The summed E-state index contributed by atoms with van der Waals surface area (Å²) in [5, 5.41) is 3.28. The number of ether oxygens (including phenoxy) is 2. The van der Waals surface area contributed by atoms with Gasteiger partial charge >= 0.3 is 0 Å². The second-order valence-corrected chi connectivity index (χ2v) is 18.8. The molecule has 0 saturated carbocycles. The van der Waals surface area contributed by atoms with E-state index in [4.69, 9.17) is 9.47 Å². The maximum Gasteiger partial charge on any atom is 0.194 e. The zero-order valence-electron chi connectivity index (χ0n) is 40.4. The highest BCUT2D eigenvalue weighted by Gasteiger charge is 2.38. The van der Waals surface area contributed by atoms with Crippen molar-refractivity contribution in [3.63, 3.8) is 0 Å². The predicted molar refractivity (Wildman–Crippen MR) is 279 cm³/mol. The molecule has 0 radical (unpaired) electrons. The minimum Gasteiger partial charge on any atom is -1.00 e. The fourth-order valence-electron chi connectivity index (χ4n) is 10.3. The van der Waals surface area contributed by atoms with Gasteiger partial charge in [-0.3, -0.25) is 4.98 Å². The van der Waals surface area contributed by atoms with Crippen LogP contribution in [0.25, 0.3) is 54.9 Å². The van der Waals surface area contributed by atoms with E-state index in [2.05, 4.69) is 36.2 Å². The number of benzene rings is 8. The molecular formula is C61H54BrF6N2O2P. The van der Waals surface area contributed by atoms with Crippen molar-refractivity contribution in [2.45, 2.75) is 65.5 Å². The van der Waals surface area contributed by atoms with Crippen LogP contribution in [-0.4, -0.2) is 22.6 Å². The van der Waals surface area contributed by atoms with E-state index in [1.54, 1.807) is 12.4 Å². The number of unbranched alkanes of at least 4 members (excludes halogenated alkanes) is 3. The molecule has 2 heterocycles. The second-order valence-electron chi connectivity index (χ2n) is 18.8. The number of rotatable bonds is 16. The predicted octanol–water partition coefficient (Wildman–Crippen LogP) is 13.0. The second kappa shape index (κ2) is 23.2. The number of fused-ring (bicyclic) bond motifs is 7. The van der Waals surface area contributed by atoms with Crippen LogP contribution >= 0.6 is 9.90 Å². The molecule has 1 aliphatic heterocycles. The number of halogens is 7. The summed E-state index contributed by atoms with van der Waals surface area (Å²) in [6.07, 6.45) is 6.86. The van der Waals surface area contributed by atoms with Gasteiger partial charge in [-0.25, -0.2) is 26.3 Å². The number of hydrogen-bond acceptors (Lipinski definition) is 3. The van der Waals surface area contributed by atoms with Crippen molar-refractivity contribution in [2.75, 3.05) is 13.2 Å². The van der Waals surface area contributed by atoms with Gasteiger partial charge in [-0.1, -0.05) is 96.9 Å². The van der Waals surface area contributed by atoms with Crippen LogP contribution in [0.4, 0.5) is 26.3 Å². The summed E-state index contributed by atoms with van der Waals surface area (Å²) in [7, 11) is 0. The molecule has 0 bridgehead atoms. The van der Waals surface area contributed by atoms with E-state index in [0.717, 1.165) is 116 Å². The molecule has 10 rings (SSSR count). The van der Waals surface area contributed by atoms with E-state index >= 15 is 17.6 Å². The maximum atomic E-state index is 15.3. The fourth-order valence-corrected chi connectivity index (χ4v) is 10.3. The summed E-state index contributed by atoms with van der Waals surface area (Å²) in [6.45, 7) is 5.47. The summed E-state index contributed by atoms with van der Waals surface area (Å²) in [5.41, 5.74) is 8.98. The number of nitrogens with zero attached hydrogens (tertiary/aromatic N) is 2. The Kier molecular flexibility index (Phi) is 16.9. The van der Waals surface area contributed by atoms with Crippen LogP contribution in [0.5, 0.6) is 5.75 Å². The summed E-state index contributed by atoms with van der Waals surface area (Å²) < 4.78 is 103. The maximum absolute atomic E-state index is 15.3. The number of quaternary nitrogens is 1. The number of aromatic nitrogens is 1. The van der Waals surface area contributed by atoms with Gasteiger partial charge in [0.1, 0.15) is 32.0 Å². The lowest BCUT2D eigenvalue weighted by Gasteiger charge is -2.39.